The number of carbonyl (C=O) groups is 1. The summed E-state index contributed by atoms with van der Waals surface area (Å²) in [6.07, 6.45) is 6.07. The number of nitrogens with zero attached hydrogens (tertiary/aromatic N) is 3. The van der Waals surface area contributed by atoms with Crippen molar-refractivity contribution in [3.63, 3.8) is 0 Å². The molecule has 0 aliphatic carbocycles. The average Bonchev–Trinajstić information content (AvgIpc) is 2.57. The van der Waals surface area contributed by atoms with E-state index in [1.54, 1.807) is 24.0 Å². The van der Waals surface area contributed by atoms with Crippen molar-refractivity contribution in [3.05, 3.63) is 24.8 Å². The molecule has 0 aromatic carbocycles. The summed E-state index contributed by atoms with van der Waals surface area (Å²) in [5.41, 5.74) is 0. The van der Waals surface area contributed by atoms with E-state index in [1.807, 2.05) is 0 Å². The molecule has 5 heteroatoms. The molecule has 0 bridgehead atoms. The van der Waals surface area contributed by atoms with Crippen LogP contribution in [0.5, 0.6) is 0 Å². The molecule has 0 spiro atoms. The molecule has 0 fully saturated rings. The molecule has 13 heavy (non-hydrogen) atoms. The minimum atomic E-state index is -0.331. The lowest BCUT2D eigenvalue weighted by Gasteiger charge is -1.94. The monoisotopic (exact) mass is 181 g/mol. The van der Waals surface area contributed by atoms with Gasteiger partial charge in [-0.05, 0) is 6.92 Å². The van der Waals surface area contributed by atoms with Gasteiger partial charge in [-0.3, -0.25) is 0 Å². The van der Waals surface area contributed by atoms with Crippen LogP contribution in [0, 0.1) is 0 Å². The maximum absolute atomic E-state index is 10.8. The first kappa shape index (κ1) is 9.44. The van der Waals surface area contributed by atoms with Crippen molar-refractivity contribution in [1.82, 2.24) is 14.8 Å². The molecule has 0 unspecified atom stereocenters. The normalized spacial score (nSPS) is 10.5. The topological polar surface area (TPSA) is 57.0 Å². The first-order chi connectivity index (χ1) is 6.33. The number of carbonyl (C=O) groups excluding carboxylic acids is 1. The van der Waals surface area contributed by atoms with Crippen molar-refractivity contribution in [1.29, 1.82) is 0 Å². The molecule has 70 valence electrons. The van der Waals surface area contributed by atoms with E-state index < -0.39 is 0 Å². The van der Waals surface area contributed by atoms with Gasteiger partial charge in [-0.25, -0.2) is 14.5 Å². The van der Waals surface area contributed by atoms with Crippen molar-refractivity contribution in [2.45, 2.75) is 13.5 Å². The summed E-state index contributed by atoms with van der Waals surface area (Å²) in [5, 5.41) is 3.86. The van der Waals surface area contributed by atoms with Gasteiger partial charge in [0.05, 0.1) is 13.2 Å². The van der Waals surface area contributed by atoms with E-state index >= 15 is 0 Å². The molecule has 5 nitrogen and oxygen atoms in total. The lowest BCUT2D eigenvalue weighted by atomic mass is 10.5. The lowest BCUT2D eigenvalue weighted by Crippen LogP contribution is -2.00. The first-order valence-corrected chi connectivity index (χ1v) is 3.98. The maximum Gasteiger partial charge on any atom is 0.330 e. The fraction of sp³-hybridized carbons (Fsp3) is 0.375. The van der Waals surface area contributed by atoms with Crippen molar-refractivity contribution in [2.75, 3.05) is 6.61 Å². The fourth-order valence-corrected chi connectivity index (χ4v) is 0.774. The van der Waals surface area contributed by atoms with Crippen LogP contribution in [0.1, 0.15) is 6.92 Å². The van der Waals surface area contributed by atoms with Crippen LogP contribution in [-0.4, -0.2) is 27.3 Å². The van der Waals surface area contributed by atoms with E-state index in [9.17, 15) is 4.79 Å². The zero-order valence-corrected chi connectivity index (χ0v) is 7.38. The summed E-state index contributed by atoms with van der Waals surface area (Å²) < 4.78 is 6.30. The van der Waals surface area contributed by atoms with Gasteiger partial charge < -0.3 is 4.74 Å². The number of esters is 1. The van der Waals surface area contributed by atoms with Crippen LogP contribution in [-0.2, 0) is 16.1 Å². The molecule has 0 aliphatic heterocycles. The third kappa shape index (κ3) is 3.50. The second kappa shape index (κ2) is 5.08. The Labute approximate surface area is 76.0 Å². The molecule has 0 saturated heterocycles. The zero-order valence-electron chi connectivity index (χ0n) is 7.38. The summed E-state index contributed by atoms with van der Waals surface area (Å²) in [4.78, 5) is 14.6. The van der Waals surface area contributed by atoms with Crippen molar-refractivity contribution in [3.8, 4) is 0 Å². The van der Waals surface area contributed by atoms with Gasteiger partial charge >= 0.3 is 5.97 Å². The van der Waals surface area contributed by atoms with Gasteiger partial charge in [-0.2, -0.15) is 5.10 Å². The van der Waals surface area contributed by atoms with Gasteiger partial charge in [0, 0.05) is 6.08 Å². The van der Waals surface area contributed by atoms with Gasteiger partial charge in [-0.15, -0.1) is 0 Å². The van der Waals surface area contributed by atoms with Crippen LogP contribution in [0.15, 0.2) is 24.8 Å². The van der Waals surface area contributed by atoms with Crippen LogP contribution < -0.4 is 0 Å². The van der Waals surface area contributed by atoms with Gasteiger partial charge in [0.15, 0.2) is 0 Å². The summed E-state index contributed by atoms with van der Waals surface area (Å²) >= 11 is 0. The van der Waals surface area contributed by atoms with E-state index in [1.165, 1.54) is 12.4 Å². The third-order valence-corrected chi connectivity index (χ3v) is 1.30. The summed E-state index contributed by atoms with van der Waals surface area (Å²) in [7, 11) is 0. The number of hydrogen-bond acceptors (Lipinski definition) is 4. The second-order valence-corrected chi connectivity index (χ2v) is 2.27. The molecule has 0 N–H and O–H groups in total. The van der Waals surface area contributed by atoms with Gasteiger partial charge in [0.2, 0.25) is 0 Å². The van der Waals surface area contributed by atoms with E-state index in [-0.39, 0.29) is 5.97 Å². The van der Waals surface area contributed by atoms with Crippen LogP contribution in [0.4, 0.5) is 0 Å². The molecule has 0 amide bonds. The van der Waals surface area contributed by atoms with Crippen LogP contribution in [0.3, 0.4) is 0 Å². The average molecular weight is 181 g/mol. The van der Waals surface area contributed by atoms with Crippen molar-refractivity contribution < 1.29 is 9.53 Å². The lowest BCUT2D eigenvalue weighted by molar-refractivity contribution is -0.137. The quantitative estimate of drug-likeness (QED) is 0.498. The molecule has 0 saturated carbocycles. The highest BCUT2D eigenvalue weighted by Gasteiger charge is 1.92. The Balaban J connectivity index is 2.29. The number of ether oxygens (including phenoxy) is 1. The van der Waals surface area contributed by atoms with Gasteiger partial charge in [-0.1, -0.05) is 6.08 Å². The number of aromatic nitrogens is 3. The molecule has 0 atom stereocenters. The Bertz CT molecular complexity index is 280. The standard InChI is InChI=1S/C8H11N3O2/c1-2-13-8(12)4-3-5-11-7-9-6-10-11/h3-4,6-7H,2,5H2,1H3/b4-3+. The molecule has 1 rings (SSSR count). The van der Waals surface area contributed by atoms with E-state index in [2.05, 4.69) is 10.1 Å². The third-order valence-electron chi connectivity index (χ3n) is 1.30. The molecular formula is C8H11N3O2. The van der Waals surface area contributed by atoms with Crippen LogP contribution in [0.2, 0.25) is 0 Å². The SMILES string of the molecule is CCOC(=O)/C=C/Cn1cncn1. The largest absolute Gasteiger partial charge is 0.463 e. The molecule has 1 heterocycles. The first-order valence-electron chi connectivity index (χ1n) is 3.98. The maximum atomic E-state index is 10.8. The number of allylic oxidation sites excluding steroid dienone is 1. The minimum Gasteiger partial charge on any atom is -0.463 e. The highest BCUT2D eigenvalue weighted by molar-refractivity contribution is 5.81. The highest BCUT2D eigenvalue weighted by atomic mass is 16.5. The molecule has 1 aromatic heterocycles. The van der Waals surface area contributed by atoms with E-state index in [0.29, 0.717) is 13.2 Å². The van der Waals surface area contributed by atoms with Crippen LogP contribution in [0.25, 0.3) is 0 Å². The number of hydrogen-bond donors (Lipinski definition) is 0. The summed E-state index contributed by atoms with van der Waals surface area (Å²) in [5.74, 6) is -0.331. The van der Waals surface area contributed by atoms with E-state index in [0.717, 1.165) is 0 Å². The minimum absolute atomic E-state index is 0.331. The van der Waals surface area contributed by atoms with Crippen molar-refractivity contribution in [2.24, 2.45) is 0 Å². The Hall–Kier alpha value is -1.65. The Morgan fingerprint density at radius 2 is 2.54 bits per heavy atom. The Morgan fingerprint density at radius 3 is 3.15 bits per heavy atom. The molecule has 0 radical (unpaired) electrons. The summed E-state index contributed by atoms with van der Waals surface area (Å²) in [6.45, 7) is 2.69. The van der Waals surface area contributed by atoms with Crippen molar-refractivity contribution >= 4 is 5.97 Å². The number of rotatable bonds is 4. The molecule has 0 aliphatic rings. The smallest absolute Gasteiger partial charge is 0.330 e. The molecule has 1 aromatic rings. The predicted octanol–water partition coefficient (Wildman–Crippen LogP) is 0.397. The van der Waals surface area contributed by atoms with E-state index in [4.69, 9.17) is 4.74 Å². The summed E-state index contributed by atoms with van der Waals surface area (Å²) in [6, 6.07) is 0. The van der Waals surface area contributed by atoms with Crippen LogP contribution >= 0.6 is 0 Å². The Morgan fingerprint density at radius 1 is 1.69 bits per heavy atom. The van der Waals surface area contributed by atoms with Gasteiger partial charge in [0.1, 0.15) is 12.7 Å². The fourth-order valence-electron chi connectivity index (χ4n) is 0.774. The highest BCUT2D eigenvalue weighted by Crippen LogP contribution is 1.85. The van der Waals surface area contributed by atoms with Gasteiger partial charge in [0.25, 0.3) is 0 Å². The Kier molecular flexibility index (Phi) is 3.69. The predicted molar refractivity (Wildman–Crippen MR) is 45.8 cm³/mol. The zero-order chi connectivity index (χ0) is 9.52. The second-order valence-electron chi connectivity index (χ2n) is 2.27. The molecular weight excluding hydrogens is 170 g/mol.